The highest BCUT2D eigenvalue weighted by molar-refractivity contribution is 5.85. The van der Waals surface area contributed by atoms with E-state index in [1.54, 1.807) is 7.11 Å². The number of hydrogen-bond donors (Lipinski definition) is 1. The van der Waals surface area contributed by atoms with E-state index in [1.807, 2.05) is 30.3 Å². The van der Waals surface area contributed by atoms with Crippen molar-refractivity contribution in [1.82, 2.24) is 0 Å². The predicted octanol–water partition coefficient (Wildman–Crippen LogP) is 1.29. The number of Topliss-reactive ketones (excluding diaryl/α,β-unsaturated/α-hetero) is 1. The van der Waals surface area contributed by atoms with Crippen molar-refractivity contribution in [2.24, 2.45) is 5.73 Å². The fourth-order valence-corrected chi connectivity index (χ4v) is 1.20. The van der Waals surface area contributed by atoms with Gasteiger partial charge in [0.1, 0.15) is 0 Å². The Morgan fingerprint density at radius 2 is 2.07 bits per heavy atom. The van der Waals surface area contributed by atoms with Gasteiger partial charge in [0.25, 0.3) is 0 Å². The fourth-order valence-electron chi connectivity index (χ4n) is 1.20. The number of ketones is 1. The molecule has 0 heterocycles. The molecular weight excluding hydrogens is 178 g/mol. The average molecular weight is 193 g/mol. The molecule has 0 fully saturated rings. The normalized spacial score (nSPS) is 12.4. The Bertz CT molecular complexity index is 285. The van der Waals surface area contributed by atoms with Gasteiger partial charge in [0.2, 0.25) is 0 Å². The van der Waals surface area contributed by atoms with E-state index in [2.05, 4.69) is 0 Å². The number of methoxy groups -OCH3 is 1. The van der Waals surface area contributed by atoms with Gasteiger partial charge < -0.3 is 10.5 Å². The molecule has 0 spiro atoms. The van der Waals surface area contributed by atoms with Crippen LogP contribution in [0.15, 0.2) is 30.3 Å². The maximum Gasteiger partial charge on any atom is 0.156 e. The largest absolute Gasteiger partial charge is 0.384 e. The fraction of sp³-hybridized carbons (Fsp3) is 0.364. The number of ether oxygens (including phenoxy) is 1. The third-order valence-electron chi connectivity index (χ3n) is 2.06. The second kappa shape index (κ2) is 5.52. The standard InChI is InChI=1S/C11H15NO2/c1-14-8-7-10(13)11(12)9-5-3-2-4-6-9/h2-6,11H,7-8,12H2,1H3. The van der Waals surface area contributed by atoms with Crippen molar-refractivity contribution >= 4 is 5.78 Å². The highest BCUT2D eigenvalue weighted by atomic mass is 16.5. The Hall–Kier alpha value is -1.19. The third kappa shape index (κ3) is 2.94. The van der Waals surface area contributed by atoms with Crippen molar-refractivity contribution in [3.63, 3.8) is 0 Å². The minimum atomic E-state index is -0.522. The summed E-state index contributed by atoms with van der Waals surface area (Å²) in [5.41, 5.74) is 6.63. The van der Waals surface area contributed by atoms with Crippen molar-refractivity contribution in [2.75, 3.05) is 13.7 Å². The van der Waals surface area contributed by atoms with Gasteiger partial charge in [-0.05, 0) is 5.56 Å². The van der Waals surface area contributed by atoms with E-state index in [0.29, 0.717) is 13.0 Å². The summed E-state index contributed by atoms with van der Waals surface area (Å²) in [6, 6.07) is 8.84. The number of nitrogens with two attached hydrogens (primary N) is 1. The van der Waals surface area contributed by atoms with Crippen LogP contribution < -0.4 is 5.73 Å². The van der Waals surface area contributed by atoms with Gasteiger partial charge >= 0.3 is 0 Å². The molecule has 3 nitrogen and oxygen atoms in total. The van der Waals surface area contributed by atoms with Crippen LogP contribution in [0.1, 0.15) is 18.0 Å². The molecule has 0 bridgehead atoms. The predicted molar refractivity (Wildman–Crippen MR) is 54.9 cm³/mol. The topological polar surface area (TPSA) is 52.3 Å². The summed E-state index contributed by atoms with van der Waals surface area (Å²) in [4.78, 5) is 11.5. The minimum Gasteiger partial charge on any atom is -0.384 e. The lowest BCUT2D eigenvalue weighted by atomic mass is 10.0. The molecular formula is C11H15NO2. The van der Waals surface area contributed by atoms with Crippen LogP contribution in [0.4, 0.5) is 0 Å². The van der Waals surface area contributed by atoms with E-state index in [-0.39, 0.29) is 5.78 Å². The number of hydrogen-bond acceptors (Lipinski definition) is 3. The summed E-state index contributed by atoms with van der Waals surface area (Å²) in [7, 11) is 1.57. The van der Waals surface area contributed by atoms with Gasteiger partial charge in [0.05, 0.1) is 12.6 Å². The molecule has 0 amide bonds. The Balaban J connectivity index is 2.57. The van der Waals surface area contributed by atoms with Crippen LogP contribution in [-0.4, -0.2) is 19.5 Å². The van der Waals surface area contributed by atoms with Gasteiger partial charge in [-0.3, -0.25) is 4.79 Å². The lowest BCUT2D eigenvalue weighted by molar-refractivity contribution is -0.121. The van der Waals surface area contributed by atoms with Crippen LogP contribution in [0, 0.1) is 0 Å². The first kappa shape index (κ1) is 10.9. The first-order valence-electron chi connectivity index (χ1n) is 4.58. The minimum absolute atomic E-state index is 0.0121. The molecule has 1 unspecified atom stereocenters. The van der Waals surface area contributed by atoms with Crippen LogP contribution >= 0.6 is 0 Å². The third-order valence-corrected chi connectivity index (χ3v) is 2.06. The first-order valence-corrected chi connectivity index (χ1v) is 4.58. The summed E-state index contributed by atoms with van der Waals surface area (Å²) >= 11 is 0. The van der Waals surface area contributed by atoms with E-state index in [4.69, 9.17) is 10.5 Å². The zero-order valence-corrected chi connectivity index (χ0v) is 8.27. The Labute approximate surface area is 83.9 Å². The molecule has 0 radical (unpaired) electrons. The van der Waals surface area contributed by atoms with E-state index in [1.165, 1.54) is 0 Å². The Kier molecular flexibility index (Phi) is 4.29. The van der Waals surface area contributed by atoms with E-state index >= 15 is 0 Å². The summed E-state index contributed by atoms with van der Waals surface area (Å²) in [6.07, 6.45) is 0.368. The van der Waals surface area contributed by atoms with Crippen LogP contribution in [0.5, 0.6) is 0 Å². The molecule has 0 aliphatic carbocycles. The maximum atomic E-state index is 11.5. The van der Waals surface area contributed by atoms with Gasteiger partial charge in [-0.25, -0.2) is 0 Å². The zero-order chi connectivity index (χ0) is 10.4. The molecule has 1 rings (SSSR count). The van der Waals surface area contributed by atoms with Crippen molar-refractivity contribution in [2.45, 2.75) is 12.5 Å². The summed E-state index contributed by atoms with van der Waals surface area (Å²) in [5, 5.41) is 0. The Morgan fingerprint density at radius 3 is 2.64 bits per heavy atom. The molecule has 76 valence electrons. The van der Waals surface area contributed by atoms with Crippen LogP contribution in [0.25, 0.3) is 0 Å². The monoisotopic (exact) mass is 193 g/mol. The molecule has 1 aromatic carbocycles. The second-order valence-electron chi connectivity index (χ2n) is 3.10. The van der Waals surface area contributed by atoms with Crippen molar-refractivity contribution in [3.8, 4) is 0 Å². The molecule has 1 atom stereocenters. The average Bonchev–Trinajstić information content (AvgIpc) is 2.26. The molecule has 0 aromatic heterocycles. The summed E-state index contributed by atoms with van der Waals surface area (Å²) in [6.45, 7) is 0.430. The molecule has 0 aliphatic rings. The first-order chi connectivity index (χ1) is 6.75. The number of benzene rings is 1. The lowest BCUT2D eigenvalue weighted by Gasteiger charge is -2.09. The Morgan fingerprint density at radius 1 is 1.43 bits per heavy atom. The van der Waals surface area contributed by atoms with Crippen molar-refractivity contribution in [1.29, 1.82) is 0 Å². The smallest absolute Gasteiger partial charge is 0.156 e. The van der Waals surface area contributed by atoms with Crippen LogP contribution in [-0.2, 0) is 9.53 Å². The summed E-state index contributed by atoms with van der Waals surface area (Å²) < 4.78 is 4.82. The highest BCUT2D eigenvalue weighted by Crippen LogP contribution is 2.11. The molecule has 14 heavy (non-hydrogen) atoms. The van der Waals surface area contributed by atoms with Crippen molar-refractivity contribution < 1.29 is 9.53 Å². The molecule has 0 aliphatic heterocycles. The van der Waals surface area contributed by atoms with E-state index < -0.39 is 6.04 Å². The van der Waals surface area contributed by atoms with Crippen LogP contribution in [0.3, 0.4) is 0 Å². The lowest BCUT2D eigenvalue weighted by Crippen LogP contribution is -2.22. The highest BCUT2D eigenvalue weighted by Gasteiger charge is 2.14. The van der Waals surface area contributed by atoms with Gasteiger partial charge in [-0.1, -0.05) is 30.3 Å². The second-order valence-corrected chi connectivity index (χ2v) is 3.10. The molecule has 0 saturated heterocycles. The van der Waals surface area contributed by atoms with Gasteiger partial charge in [-0.15, -0.1) is 0 Å². The van der Waals surface area contributed by atoms with Crippen molar-refractivity contribution in [3.05, 3.63) is 35.9 Å². The van der Waals surface area contributed by atoms with E-state index in [0.717, 1.165) is 5.56 Å². The van der Waals surface area contributed by atoms with Gasteiger partial charge in [0, 0.05) is 13.5 Å². The quantitative estimate of drug-likeness (QED) is 0.766. The molecule has 2 N–H and O–H groups in total. The SMILES string of the molecule is COCCC(=O)C(N)c1ccccc1. The maximum absolute atomic E-state index is 11.5. The number of carbonyl (C=O) groups excluding carboxylic acids is 1. The van der Waals surface area contributed by atoms with Gasteiger partial charge in [-0.2, -0.15) is 0 Å². The molecule has 0 saturated carbocycles. The van der Waals surface area contributed by atoms with E-state index in [9.17, 15) is 4.79 Å². The molecule has 1 aromatic rings. The number of carbonyl (C=O) groups is 1. The summed E-state index contributed by atoms with van der Waals surface area (Å²) in [5.74, 6) is 0.0121. The molecule has 3 heteroatoms. The van der Waals surface area contributed by atoms with Crippen LogP contribution in [0.2, 0.25) is 0 Å². The van der Waals surface area contributed by atoms with Gasteiger partial charge in [0.15, 0.2) is 5.78 Å². The number of rotatable bonds is 5. The zero-order valence-electron chi connectivity index (χ0n) is 8.27.